The lowest BCUT2D eigenvalue weighted by Gasteiger charge is -2.11. The van der Waals surface area contributed by atoms with Gasteiger partial charge in [-0.25, -0.2) is 9.78 Å². The van der Waals surface area contributed by atoms with Gasteiger partial charge in [-0.2, -0.15) is 0 Å². The second kappa shape index (κ2) is 6.41. The first-order valence-electron chi connectivity index (χ1n) is 7.24. The third-order valence-electron chi connectivity index (χ3n) is 3.27. The Labute approximate surface area is 136 Å². The van der Waals surface area contributed by atoms with E-state index in [1.165, 1.54) is 30.5 Å². The van der Waals surface area contributed by atoms with Crippen molar-refractivity contribution in [3.63, 3.8) is 0 Å². The minimum Gasteiger partial charge on any atom is -0.508 e. The Morgan fingerprint density at radius 3 is 2.96 bits per heavy atom. The number of nitrogens with zero attached hydrogens (tertiary/aromatic N) is 1. The van der Waals surface area contributed by atoms with Gasteiger partial charge in [-0.05, 0) is 37.3 Å². The smallest absolute Gasteiger partial charge is 0.411 e. The van der Waals surface area contributed by atoms with E-state index in [-0.39, 0.29) is 29.1 Å². The van der Waals surface area contributed by atoms with Crippen molar-refractivity contribution in [2.45, 2.75) is 6.92 Å². The summed E-state index contributed by atoms with van der Waals surface area (Å²) < 4.78 is 10.5. The summed E-state index contributed by atoms with van der Waals surface area (Å²) in [5, 5.41) is 12.3. The number of nitrogens with one attached hydrogen (secondary N) is 1. The summed E-state index contributed by atoms with van der Waals surface area (Å²) in [6.45, 7) is 1.91. The second-order valence-corrected chi connectivity index (χ2v) is 4.90. The predicted molar refractivity (Wildman–Crippen MR) is 88.0 cm³/mol. The van der Waals surface area contributed by atoms with Crippen LogP contribution in [0, 0.1) is 0 Å². The summed E-state index contributed by atoms with van der Waals surface area (Å²) in [7, 11) is 0. The van der Waals surface area contributed by atoms with Gasteiger partial charge in [0.2, 0.25) is 5.43 Å². The van der Waals surface area contributed by atoms with E-state index < -0.39 is 6.09 Å². The van der Waals surface area contributed by atoms with E-state index in [0.29, 0.717) is 16.8 Å². The number of aromatic nitrogens is 1. The van der Waals surface area contributed by atoms with E-state index in [0.717, 1.165) is 0 Å². The topological polar surface area (TPSA) is 102 Å². The lowest BCUT2D eigenvalue weighted by molar-refractivity contribution is 0.168. The van der Waals surface area contributed by atoms with Crippen LogP contribution in [0.5, 0.6) is 5.75 Å². The SMILES string of the molecule is CCOC(=O)Nc1ccc(O)cc1-c1cc(=O)c2ncccc2o1. The third kappa shape index (κ3) is 3.05. The van der Waals surface area contributed by atoms with Crippen LogP contribution in [0.15, 0.2) is 51.8 Å². The van der Waals surface area contributed by atoms with Crippen molar-refractivity contribution in [3.8, 4) is 17.1 Å². The lowest BCUT2D eigenvalue weighted by atomic mass is 10.1. The van der Waals surface area contributed by atoms with Gasteiger partial charge in [-0.1, -0.05) is 0 Å². The standard InChI is InChI=1S/C17H14N2O5/c1-2-23-17(22)19-12-6-5-10(20)8-11(12)15-9-13(21)16-14(24-15)4-3-7-18-16/h3-9,20H,2H2,1H3,(H,19,22). The molecule has 122 valence electrons. The number of phenols is 1. The van der Waals surface area contributed by atoms with Gasteiger partial charge in [0.05, 0.1) is 12.3 Å². The zero-order valence-electron chi connectivity index (χ0n) is 12.8. The van der Waals surface area contributed by atoms with E-state index in [1.54, 1.807) is 19.1 Å². The fourth-order valence-corrected chi connectivity index (χ4v) is 2.25. The highest BCUT2D eigenvalue weighted by atomic mass is 16.5. The molecule has 0 atom stereocenters. The fraction of sp³-hybridized carbons (Fsp3) is 0.118. The van der Waals surface area contributed by atoms with Crippen molar-refractivity contribution >= 4 is 22.9 Å². The molecular weight excluding hydrogens is 312 g/mol. The molecule has 0 unspecified atom stereocenters. The van der Waals surface area contributed by atoms with Crippen LogP contribution in [-0.2, 0) is 4.74 Å². The molecule has 1 amide bonds. The second-order valence-electron chi connectivity index (χ2n) is 4.90. The number of carbonyl (C=O) groups is 1. The van der Waals surface area contributed by atoms with Crippen molar-refractivity contribution in [2.24, 2.45) is 0 Å². The molecule has 1 aromatic carbocycles. The molecule has 24 heavy (non-hydrogen) atoms. The van der Waals surface area contributed by atoms with Crippen molar-refractivity contribution in [1.29, 1.82) is 0 Å². The van der Waals surface area contributed by atoms with E-state index in [2.05, 4.69) is 10.3 Å². The number of hydrogen-bond acceptors (Lipinski definition) is 6. The highest BCUT2D eigenvalue weighted by molar-refractivity contribution is 5.91. The molecule has 0 aliphatic heterocycles. The van der Waals surface area contributed by atoms with Crippen molar-refractivity contribution in [2.75, 3.05) is 11.9 Å². The summed E-state index contributed by atoms with van der Waals surface area (Å²) in [4.78, 5) is 27.8. The molecule has 0 spiro atoms. The van der Waals surface area contributed by atoms with Gasteiger partial charge in [0.15, 0.2) is 11.1 Å². The zero-order valence-corrected chi connectivity index (χ0v) is 12.8. The Morgan fingerprint density at radius 1 is 1.33 bits per heavy atom. The van der Waals surface area contributed by atoms with Crippen LogP contribution in [0.1, 0.15) is 6.92 Å². The maximum Gasteiger partial charge on any atom is 0.411 e. The van der Waals surface area contributed by atoms with Gasteiger partial charge in [-0.15, -0.1) is 0 Å². The molecule has 0 fully saturated rings. The molecule has 2 heterocycles. The summed E-state index contributed by atoms with van der Waals surface area (Å²) in [6.07, 6.45) is 0.857. The molecule has 0 bridgehead atoms. The van der Waals surface area contributed by atoms with Crippen LogP contribution >= 0.6 is 0 Å². The molecule has 0 aliphatic rings. The molecule has 0 saturated carbocycles. The molecule has 0 radical (unpaired) electrons. The largest absolute Gasteiger partial charge is 0.508 e. The van der Waals surface area contributed by atoms with E-state index in [1.807, 2.05) is 0 Å². The molecule has 3 aromatic rings. The van der Waals surface area contributed by atoms with Gasteiger partial charge in [-0.3, -0.25) is 10.1 Å². The Kier molecular flexibility index (Phi) is 4.15. The summed E-state index contributed by atoms with van der Waals surface area (Å²) in [5.74, 6) is 0.163. The number of fused-ring (bicyclic) bond motifs is 1. The fourth-order valence-electron chi connectivity index (χ4n) is 2.25. The quantitative estimate of drug-likeness (QED) is 0.717. The first kappa shape index (κ1) is 15.5. The van der Waals surface area contributed by atoms with E-state index in [9.17, 15) is 14.7 Å². The minimum atomic E-state index is -0.644. The molecule has 0 saturated heterocycles. The maximum absolute atomic E-state index is 12.2. The number of benzene rings is 1. The number of hydrogen-bond donors (Lipinski definition) is 2. The average molecular weight is 326 g/mol. The Hall–Kier alpha value is -3.35. The molecule has 7 heteroatoms. The predicted octanol–water partition coefficient (Wildman–Crippen LogP) is 3.13. The Bertz CT molecular complexity index is 965. The van der Waals surface area contributed by atoms with Gasteiger partial charge in [0, 0.05) is 17.8 Å². The normalized spacial score (nSPS) is 10.5. The number of phenolic OH excluding ortho intramolecular Hbond substituents is 1. The monoisotopic (exact) mass is 326 g/mol. The highest BCUT2D eigenvalue weighted by Crippen LogP contribution is 2.32. The number of amides is 1. The zero-order chi connectivity index (χ0) is 17.1. The van der Waals surface area contributed by atoms with Crippen LogP contribution in [0.3, 0.4) is 0 Å². The van der Waals surface area contributed by atoms with Crippen molar-refractivity contribution in [1.82, 2.24) is 4.98 Å². The lowest BCUT2D eigenvalue weighted by Crippen LogP contribution is -2.14. The summed E-state index contributed by atoms with van der Waals surface area (Å²) in [6, 6.07) is 8.83. The maximum atomic E-state index is 12.2. The van der Waals surface area contributed by atoms with Crippen LogP contribution < -0.4 is 10.7 Å². The third-order valence-corrected chi connectivity index (χ3v) is 3.27. The molecule has 3 rings (SSSR count). The first-order chi connectivity index (χ1) is 11.6. The van der Waals surface area contributed by atoms with Crippen molar-refractivity contribution < 1.29 is 19.1 Å². The average Bonchev–Trinajstić information content (AvgIpc) is 2.56. The Balaban J connectivity index is 2.13. The minimum absolute atomic E-state index is 0.0339. The molecular formula is C17H14N2O5. The van der Waals surface area contributed by atoms with Crippen LogP contribution in [0.25, 0.3) is 22.4 Å². The molecule has 2 aromatic heterocycles. The van der Waals surface area contributed by atoms with Crippen LogP contribution in [0.4, 0.5) is 10.5 Å². The number of rotatable bonds is 3. The number of pyridine rings is 1. The van der Waals surface area contributed by atoms with E-state index >= 15 is 0 Å². The highest BCUT2D eigenvalue weighted by Gasteiger charge is 2.14. The molecule has 0 aliphatic carbocycles. The van der Waals surface area contributed by atoms with Gasteiger partial charge in [0.25, 0.3) is 0 Å². The van der Waals surface area contributed by atoms with E-state index in [4.69, 9.17) is 9.15 Å². The number of aromatic hydroxyl groups is 1. The van der Waals surface area contributed by atoms with Crippen LogP contribution in [0.2, 0.25) is 0 Å². The number of carbonyl (C=O) groups excluding carboxylic acids is 1. The Morgan fingerprint density at radius 2 is 2.17 bits per heavy atom. The van der Waals surface area contributed by atoms with Gasteiger partial charge < -0.3 is 14.3 Å². The van der Waals surface area contributed by atoms with Crippen LogP contribution in [-0.4, -0.2) is 22.8 Å². The number of ether oxygens (including phenoxy) is 1. The summed E-state index contributed by atoms with van der Waals surface area (Å²) in [5.41, 5.74) is 0.896. The summed E-state index contributed by atoms with van der Waals surface area (Å²) >= 11 is 0. The molecule has 7 nitrogen and oxygen atoms in total. The molecule has 2 N–H and O–H groups in total. The van der Waals surface area contributed by atoms with Crippen molar-refractivity contribution in [3.05, 3.63) is 52.8 Å². The van der Waals surface area contributed by atoms with Gasteiger partial charge in [0.1, 0.15) is 11.5 Å². The van der Waals surface area contributed by atoms with Gasteiger partial charge >= 0.3 is 6.09 Å². The first-order valence-corrected chi connectivity index (χ1v) is 7.24. The number of anilines is 1.